The number of para-hydroxylation sites is 1. The summed E-state index contributed by atoms with van der Waals surface area (Å²) in [5.74, 6) is 0.195. The zero-order valence-corrected chi connectivity index (χ0v) is 14.5. The number of carbonyl (C=O) groups is 2. The Balaban J connectivity index is 1.75. The van der Waals surface area contributed by atoms with Crippen molar-refractivity contribution < 1.29 is 19.1 Å². The molecule has 0 unspecified atom stereocenters. The summed E-state index contributed by atoms with van der Waals surface area (Å²) in [7, 11) is 4.56. The summed E-state index contributed by atoms with van der Waals surface area (Å²) in [5.41, 5.74) is 2.51. The third kappa shape index (κ3) is 3.50. The Morgan fingerprint density at radius 2 is 2.08 bits per heavy atom. The van der Waals surface area contributed by atoms with Crippen LogP contribution in [0.4, 0.5) is 0 Å². The van der Waals surface area contributed by atoms with Crippen LogP contribution in [-0.2, 0) is 18.3 Å². The van der Waals surface area contributed by atoms with E-state index < -0.39 is 5.97 Å². The van der Waals surface area contributed by atoms with E-state index in [0.29, 0.717) is 28.5 Å². The van der Waals surface area contributed by atoms with Gasteiger partial charge < -0.3 is 14.8 Å². The minimum absolute atomic E-state index is 0.215. The average Bonchev–Trinajstić information content (AvgIpc) is 3.40. The first kappa shape index (κ1) is 17.0. The molecule has 2 aromatic rings. The molecule has 0 bridgehead atoms. The summed E-state index contributed by atoms with van der Waals surface area (Å²) in [5, 5.41) is 7.26. The van der Waals surface area contributed by atoms with Crippen LogP contribution in [0.1, 0.15) is 50.9 Å². The third-order valence-corrected chi connectivity index (χ3v) is 4.27. The van der Waals surface area contributed by atoms with Crippen LogP contribution in [0.15, 0.2) is 24.3 Å². The van der Waals surface area contributed by atoms with E-state index in [1.165, 1.54) is 14.2 Å². The number of carbonyl (C=O) groups excluding carboxylic acids is 2. The number of aryl methyl sites for hydroxylation is 1. The van der Waals surface area contributed by atoms with Crippen LogP contribution in [-0.4, -0.2) is 35.9 Å². The number of nitrogens with one attached hydrogen (secondary N) is 1. The number of hydrogen-bond donors (Lipinski definition) is 1. The van der Waals surface area contributed by atoms with Gasteiger partial charge in [-0.25, -0.2) is 4.79 Å². The highest BCUT2D eigenvalue weighted by molar-refractivity contribution is 5.94. The van der Waals surface area contributed by atoms with Crippen molar-refractivity contribution in [2.45, 2.75) is 25.3 Å². The molecular formula is C18H21N3O4. The van der Waals surface area contributed by atoms with Crippen LogP contribution >= 0.6 is 0 Å². The molecule has 25 heavy (non-hydrogen) atoms. The van der Waals surface area contributed by atoms with Gasteiger partial charge in [0.15, 0.2) is 0 Å². The molecule has 1 aliphatic rings. The normalized spacial score (nSPS) is 13.4. The molecule has 1 fully saturated rings. The first-order chi connectivity index (χ1) is 12.0. The average molecular weight is 343 g/mol. The lowest BCUT2D eigenvalue weighted by molar-refractivity contribution is 0.0597. The van der Waals surface area contributed by atoms with E-state index in [0.717, 1.165) is 18.5 Å². The molecule has 1 heterocycles. The fourth-order valence-corrected chi connectivity index (χ4v) is 2.78. The number of aromatic nitrogens is 2. The van der Waals surface area contributed by atoms with Gasteiger partial charge in [-0.3, -0.25) is 9.48 Å². The fraction of sp³-hybridized carbons (Fsp3) is 0.389. The van der Waals surface area contributed by atoms with Crippen LogP contribution in [0.3, 0.4) is 0 Å². The predicted octanol–water partition coefficient (Wildman–Crippen LogP) is 2.02. The second-order valence-corrected chi connectivity index (χ2v) is 6.02. The highest BCUT2D eigenvalue weighted by Crippen LogP contribution is 2.39. The summed E-state index contributed by atoms with van der Waals surface area (Å²) in [6.07, 6.45) is 2.27. The summed E-state index contributed by atoms with van der Waals surface area (Å²) in [6, 6.07) is 6.99. The number of esters is 1. The minimum Gasteiger partial charge on any atom is -0.495 e. The van der Waals surface area contributed by atoms with Crippen molar-refractivity contribution in [2.24, 2.45) is 7.05 Å². The zero-order chi connectivity index (χ0) is 18.0. The molecule has 1 amide bonds. The van der Waals surface area contributed by atoms with E-state index in [1.54, 1.807) is 29.9 Å². The number of benzene rings is 1. The quantitative estimate of drug-likeness (QED) is 0.812. The molecule has 0 saturated heterocycles. The number of ether oxygens (including phenoxy) is 2. The summed E-state index contributed by atoms with van der Waals surface area (Å²) in [6.45, 7) is 0.233. The molecule has 7 heteroatoms. The standard InChI is InChI=1S/C18H21N3O4/c1-21-15(9-14(20-21)11-7-8-11)17(22)19-10-12-5-4-6-13(16(12)24-2)18(23)25-3/h4-6,9,11H,7-8,10H2,1-3H3,(H,19,22). The summed E-state index contributed by atoms with van der Waals surface area (Å²) >= 11 is 0. The maximum atomic E-state index is 12.5. The van der Waals surface area contributed by atoms with Crippen molar-refractivity contribution in [3.8, 4) is 5.75 Å². The first-order valence-corrected chi connectivity index (χ1v) is 8.11. The summed E-state index contributed by atoms with van der Waals surface area (Å²) in [4.78, 5) is 24.3. The van der Waals surface area contributed by atoms with E-state index in [4.69, 9.17) is 9.47 Å². The number of nitrogens with zero attached hydrogens (tertiary/aromatic N) is 2. The van der Waals surface area contributed by atoms with Gasteiger partial charge in [0, 0.05) is 25.1 Å². The smallest absolute Gasteiger partial charge is 0.341 e. The monoisotopic (exact) mass is 343 g/mol. The molecule has 3 rings (SSSR count). The van der Waals surface area contributed by atoms with Crippen LogP contribution in [0.5, 0.6) is 5.75 Å². The molecule has 0 spiro atoms. The largest absolute Gasteiger partial charge is 0.495 e. The molecule has 1 saturated carbocycles. The maximum absolute atomic E-state index is 12.5. The van der Waals surface area contributed by atoms with Crippen molar-refractivity contribution in [3.63, 3.8) is 0 Å². The molecule has 1 aliphatic carbocycles. The van der Waals surface area contributed by atoms with E-state index in [1.807, 2.05) is 6.07 Å². The van der Waals surface area contributed by atoms with Gasteiger partial charge in [0.05, 0.1) is 19.9 Å². The fourth-order valence-electron chi connectivity index (χ4n) is 2.78. The van der Waals surface area contributed by atoms with E-state index >= 15 is 0 Å². The molecule has 1 N–H and O–H groups in total. The van der Waals surface area contributed by atoms with Gasteiger partial charge in [0.2, 0.25) is 0 Å². The number of methoxy groups -OCH3 is 2. The van der Waals surface area contributed by atoms with Gasteiger partial charge >= 0.3 is 5.97 Å². The molecule has 1 aromatic heterocycles. The summed E-state index contributed by atoms with van der Waals surface area (Å²) < 4.78 is 11.7. The lowest BCUT2D eigenvalue weighted by atomic mass is 10.1. The van der Waals surface area contributed by atoms with Crippen LogP contribution < -0.4 is 10.1 Å². The minimum atomic E-state index is -0.481. The molecule has 0 atom stereocenters. The third-order valence-electron chi connectivity index (χ3n) is 4.27. The van der Waals surface area contributed by atoms with Crippen LogP contribution in [0.2, 0.25) is 0 Å². The second-order valence-electron chi connectivity index (χ2n) is 6.02. The first-order valence-electron chi connectivity index (χ1n) is 8.11. The molecular weight excluding hydrogens is 322 g/mol. The Hall–Kier alpha value is -2.83. The van der Waals surface area contributed by atoms with Gasteiger partial charge in [0.25, 0.3) is 5.91 Å². The Labute approximate surface area is 145 Å². The number of rotatable bonds is 6. The van der Waals surface area contributed by atoms with Crippen LogP contribution in [0, 0.1) is 0 Å². The van der Waals surface area contributed by atoms with Gasteiger partial charge in [-0.2, -0.15) is 5.10 Å². The lowest BCUT2D eigenvalue weighted by Crippen LogP contribution is -2.25. The SMILES string of the molecule is COC(=O)c1cccc(CNC(=O)c2cc(C3CC3)nn2C)c1OC. The van der Waals surface area contributed by atoms with Crippen molar-refractivity contribution in [1.29, 1.82) is 0 Å². The second kappa shape index (κ2) is 6.96. The number of amides is 1. The van der Waals surface area contributed by atoms with E-state index in [-0.39, 0.29) is 12.5 Å². The molecule has 0 radical (unpaired) electrons. The molecule has 0 aliphatic heterocycles. The van der Waals surface area contributed by atoms with Gasteiger partial charge in [0.1, 0.15) is 17.0 Å². The van der Waals surface area contributed by atoms with Crippen molar-refractivity contribution >= 4 is 11.9 Å². The zero-order valence-electron chi connectivity index (χ0n) is 14.5. The van der Waals surface area contributed by atoms with Crippen LogP contribution in [0.25, 0.3) is 0 Å². The topological polar surface area (TPSA) is 82.5 Å². The Morgan fingerprint density at radius 1 is 1.32 bits per heavy atom. The molecule has 7 nitrogen and oxygen atoms in total. The van der Waals surface area contributed by atoms with E-state index in [9.17, 15) is 9.59 Å². The highest BCUT2D eigenvalue weighted by atomic mass is 16.5. The molecule has 132 valence electrons. The van der Waals surface area contributed by atoms with Gasteiger partial charge in [-0.15, -0.1) is 0 Å². The Bertz CT molecular complexity index is 809. The van der Waals surface area contributed by atoms with Gasteiger partial charge in [-0.05, 0) is 25.0 Å². The predicted molar refractivity (Wildman–Crippen MR) is 90.7 cm³/mol. The van der Waals surface area contributed by atoms with Crippen molar-refractivity contribution in [2.75, 3.05) is 14.2 Å². The lowest BCUT2D eigenvalue weighted by Gasteiger charge is -2.13. The maximum Gasteiger partial charge on any atom is 0.341 e. The Kier molecular flexibility index (Phi) is 4.74. The Morgan fingerprint density at radius 3 is 2.72 bits per heavy atom. The highest BCUT2D eigenvalue weighted by Gasteiger charge is 2.28. The van der Waals surface area contributed by atoms with Crippen molar-refractivity contribution in [3.05, 3.63) is 46.8 Å². The van der Waals surface area contributed by atoms with Gasteiger partial charge in [-0.1, -0.05) is 12.1 Å². The van der Waals surface area contributed by atoms with E-state index in [2.05, 4.69) is 10.4 Å². The molecule has 1 aromatic carbocycles. The number of hydrogen-bond acceptors (Lipinski definition) is 5. The van der Waals surface area contributed by atoms with Crippen molar-refractivity contribution in [1.82, 2.24) is 15.1 Å².